The summed E-state index contributed by atoms with van der Waals surface area (Å²) in [6, 6.07) is 2.70. The van der Waals surface area contributed by atoms with Crippen LogP contribution in [0.15, 0.2) is 12.1 Å². The second-order valence-electron chi connectivity index (χ2n) is 10.1. The van der Waals surface area contributed by atoms with E-state index in [0.29, 0.717) is 46.3 Å². The maximum atomic E-state index is 15.8. The minimum Gasteiger partial charge on any atom is -0.353 e. The average Bonchev–Trinajstić information content (AvgIpc) is 2.92. The lowest BCUT2D eigenvalue weighted by Crippen LogP contribution is -2.68. The summed E-state index contributed by atoms with van der Waals surface area (Å²) in [4.78, 5) is 12.0. The summed E-state index contributed by atoms with van der Waals surface area (Å²) in [5.41, 5.74) is 1.86. The number of hydrogen-bond acceptors (Lipinski definition) is 4. The molecule has 2 aliphatic heterocycles. The smallest absolute Gasteiger partial charge is 0.158 e. The number of aromatic nitrogens is 2. The van der Waals surface area contributed by atoms with Gasteiger partial charge >= 0.3 is 0 Å². The molecule has 2 saturated heterocycles. The van der Waals surface area contributed by atoms with Gasteiger partial charge in [0.1, 0.15) is 17.2 Å². The van der Waals surface area contributed by atoms with Gasteiger partial charge in [-0.25, -0.2) is 14.4 Å². The van der Waals surface area contributed by atoms with E-state index in [9.17, 15) is 0 Å². The van der Waals surface area contributed by atoms with Crippen LogP contribution in [0.4, 0.5) is 10.2 Å². The molecule has 2 fully saturated rings. The van der Waals surface area contributed by atoms with Crippen LogP contribution in [0, 0.1) is 17.2 Å². The number of fused-ring (bicyclic) bond motifs is 1. The molecule has 4 nitrogen and oxygen atoms in total. The van der Waals surface area contributed by atoms with Crippen molar-refractivity contribution in [2.75, 3.05) is 18.0 Å². The lowest BCUT2D eigenvalue weighted by atomic mass is 9.66. The molecule has 2 aliphatic rings. The number of halogens is 2. The zero-order chi connectivity index (χ0) is 23.2. The van der Waals surface area contributed by atoms with Crippen LogP contribution >= 0.6 is 11.6 Å². The molecule has 0 aliphatic carbocycles. The molecule has 6 heteroatoms. The number of anilines is 1. The van der Waals surface area contributed by atoms with E-state index in [2.05, 4.69) is 36.0 Å². The summed E-state index contributed by atoms with van der Waals surface area (Å²) in [5.74, 6) is 1.74. The number of nitrogens with zero attached hydrogens (tertiary/aromatic N) is 3. The van der Waals surface area contributed by atoms with Gasteiger partial charge in [-0.3, -0.25) is 0 Å². The second-order valence-corrected chi connectivity index (χ2v) is 10.5. The van der Waals surface area contributed by atoms with Crippen LogP contribution in [0.2, 0.25) is 5.02 Å². The number of aryl methyl sites for hydroxylation is 1. The lowest BCUT2D eigenvalue weighted by molar-refractivity contribution is 0.0489. The SMILES string of the molecule is C/C=C(\C)c1c(Cl)cc2c(N3CC4(CCCC3C)CNC4C(C)C)nc(CC)nc2c1F. The van der Waals surface area contributed by atoms with E-state index < -0.39 is 0 Å². The van der Waals surface area contributed by atoms with Crippen molar-refractivity contribution in [1.29, 1.82) is 0 Å². The van der Waals surface area contributed by atoms with Crippen molar-refractivity contribution < 1.29 is 4.39 Å². The third kappa shape index (κ3) is 3.81. The highest BCUT2D eigenvalue weighted by atomic mass is 35.5. The largest absolute Gasteiger partial charge is 0.353 e. The molecule has 3 unspecified atom stereocenters. The van der Waals surface area contributed by atoms with Crippen LogP contribution in [0.25, 0.3) is 16.5 Å². The number of hydrogen-bond donors (Lipinski definition) is 1. The molecule has 0 saturated carbocycles. The third-order valence-corrected chi connectivity index (χ3v) is 7.94. The number of allylic oxidation sites excluding steroid dienone is 2. The van der Waals surface area contributed by atoms with Gasteiger partial charge in [-0.1, -0.05) is 44.9 Å². The summed E-state index contributed by atoms with van der Waals surface area (Å²) < 4.78 is 15.8. The van der Waals surface area contributed by atoms with Crippen molar-refractivity contribution in [1.82, 2.24) is 15.3 Å². The fourth-order valence-electron chi connectivity index (χ4n) is 5.72. The second kappa shape index (κ2) is 8.90. The molecule has 0 amide bonds. The zero-order valence-corrected chi connectivity index (χ0v) is 21.0. The van der Waals surface area contributed by atoms with E-state index in [1.807, 2.05) is 32.9 Å². The van der Waals surface area contributed by atoms with Crippen LogP contribution < -0.4 is 10.2 Å². The van der Waals surface area contributed by atoms with Crippen molar-refractivity contribution in [3.63, 3.8) is 0 Å². The Bertz CT molecular complexity index is 1050. The molecule has 0 bridgehead atoms. The third-order valence-electron chi connectivity index (χ3n) is 7.64. The van der Waals surface area contributed by atoms with Gasteiger partial charge in [0.2, 0.25) is 0 Å². The summed E-state index contributed by atoms with van der Waals surface area (Å²) >= 11 is 6.63. The van der Waals surface area contributed by atoms with E-state index in [-0.39, 0.29) is 11.2 Å². The number of benzene rings is 1. The van der Waals surface area contributed by atoms with Gasteiger partial charge in [-0.15, -0.1) is 0 Å². The van der Waals surface area contributed by atoms with Gasteiger partial charge in [0.15, 0.2) is 5.82 Å². The highest BCUT2D eigenvalue weighted by Gasteiger charge is 2.50. The maximum absolute atomic E-state index is 15.8. The van der Waals surface area contributed by atoms with Crippen molar-refractivity contribution in [2.45, 2.75) is 79.3 Å². The van der Waals surface area contributed by atoms with Crippen LogP contribution in [0.3, 0.4) is 0 Å². The van der Waals surface area contributed by atoms with Crippen molar-refractivity contribution in [3.05, 3.63) is 34.4 Å². The Balaban J connectivity index is 1.90. The zero-order valence-electron chi connectivity index (χ0n) is 20.2. The Morgan fingerprint density at radius 2 is 2.16 bits per heavy atom. The molecule has 0 radical (unpaired) electrons. The van der Waals surface area contributed by atoms with Crippen molar-refractivity contribution in [2.24, 2.45) is 11.3 Å². The van der Waals surface area contributed by atoms with Crippen LogP contribution in [-0.2, 0) is 6.42 Å². The molecule has 3 atom stereocenters. The number of rotatable bonds is 4. The Morgan fingerprint density at radius 1 is 1.41 bits per heavy atom. The van der Waals surface area contributed by atoms with E-state index in [0.717, 1.165) is 36.3 Å². The van der Waals surface area contributed by atoms with Crippen molar-refractivity contribution in [3.8, 4) is 0 Å². The van der Waals surface area contributed by atoms with Crippen LogP contribution in [0.1, 0.15) is 72.2 Å². The average molecular weight is 459 g/mol. The highest BCUT2D eigenvalue weighted by molar-refractivity contribution is 6.33. The molecule has 32 heavy (non-hydrogen) atoms. The lowest BCUT2D eigenvalue weighted by Gasteiger charge is -2.54. The summed E-state index contributed by atoms with van der Waals surface area (Å²) in [5, 5.41) is 4.81. The quantitative estimate of drug-likeness (QED) is 0.575. The first-order valence-electron chi connectivity index (χ1n) is 12.0. The van der Waals surface area contributed by atoms with Crippen LogP contribution in [-0.4, -0.2) is 35.1 Å². The molecule has 2 aromatic rings. The van der Waals surface area contributed by atoms with Gasteiger partial charge < -0.3 is 10.2 Å². The van der Waals surface area contributed by atoms with Crippen molar-refractivity contribution >= 4 is 33.9 Å². The highest BCUT2D eigenvalue weighted by Crippen LogP contribution is 2.45. The molecule has 1 aromatic heterocycles. The topological polar surface area (TPSA) is 41.0 Å². The van der Waals surface area contributed by atoms with E-state index in [4.69, 9.17) is 16.6 Å². The van der Waals surface area contributed by atoms with Gasteiger partial charge in [-0.2, -0.15) is 0 Å². The molecule has 3 heterocycles. The molecule has 1 N–H and O–H groups in total. The Morgan fingerprint density at radius 3 is 2.75 bits per heavy atom. The molecular weight excluding hydrogens is 423 g/mol. The fraction of sp³-hybridized carbons (Fsp3) is 0.615. The summed E-state index contributed by atoms with van der Waals surface area (Å²) in [7, 11) is 0. The molecule has 1 aromatic carbocycles. The Kier molecular flexibility index (Phi) is 6.52. The first kappa shape index (κ1) is 23.4. The summed E-state index contributed by atoms with van der Waals surface area (Å²) in [6.07, 6.45) is 6.06. The number of nitrogens with one attached hydrogen (secondary N) is 1. The molecule has 1 spiro atoms. The van der Waals surface area contributed by atoms with E-state index in [1.54, 1.807) is 0 Å². The maximum Gasteiger partial charge on any atom is 0.158 e. The monoisotopic (exact) mass is 458 g/mol. The van der Waals surface area contributed by atoms with E-state index >= 15 is 4.39 Å². The first-order valence-corrected chi connectivity index (χ1v) is 12.4. The predicted molar refractivity (Wildman–Crippen MR) is 133 cm³/mol. The minimum absolute atomic E-state index is 0.229. The van der Waals surface area contributed by atoms with Gasteiger partial charge in [0, 0.05) is 48.0 Å². The fourth-order valence-corrected chi connectivity index (χ4v) is 6.06. The first-order chi connectivity index (χ1) is 15.2. The molecule has 4 rings (SSSR count). The van der Waals surface area contributed by atoms with Gasteiger partial charge in [0.05, 0.1) is 5.02 Å². The normalized spacial score (nSPS) is 26.7. The Hall–Kier alpha value is -1.72. The summed E-state index contributed by atoms with van der Waals surface area (Å²) in [6.45, 7) is 14.6. The van der Waals surface area contributed by atoms with E-state index in [1.165, 1.54) is 12.8 Å². The van der Waals surface area contributed by atoms with Gasteiger partial charge in [0.25, 0.3) is 0 Å². The molecular formula is C26H36ClFN4. The van der Waals surface area contributed by atoms with Crippen LogP contribution in [0.5, 0.6) is 0 Å². The predicted octanol–water partition coefficient (Wildman–Crippen LogP) is 6.40. The molecule has 174 valence electrons. The standard InChI is InChI=1S/C26H36ClFN4/c1-7-16(5)21-19(27)12-18-23(22(21)28)30-20(8-2)31-25(18)32-14-26(11-9-10-17(32)6)13-29-24(26)15(3)4/h7,12,15,17,24,29H,8-11,13-14H2,1-6H3/b16-7+. The Labute approximate surface area is 196 Å². The minimum atomic E-state index is -0.344. The van der Waals surface area contributed by atoms with Gasteiger partial charge in [-0.05, 0) is 51.2 Å².